The lowest BCUT2D eigenvalue weighted by atomic mass is 10.3. The van der Waals surface area contributed by atoms with E-state index in [1.165, 1.54) is 6.26 Å². The predicted octanol–water partition coefficient (Wildman–Crippen LogP) is 2.17. The summed E-state index contributed by atoms with van der Waals surface area (Å²) in [4.78, 5) is 11.6. The van der Waals surface area contributed by atoms with Crippen LogP contribution in [0.1, 0.15) is 5.76 Å². The highest BCUT2D eigenvalue weighted by molar-refractivity contribution is 7.89. The van der Waals surface area contributed by atoms with Crippen molar-refractivity contribution >= 4 is 33.3 Å². The Morgan fingerprint density at radius 3 is 2.57 bits per heavy atom. The van der Waals surface area contributed by atoms with Gasteiger partial charge in [-0.15, -0.1) is 0 Å². The third kappa shape index (κ3) is 6.31. The van der Waals surface area contributed by atoms with E-state index in [-0.39, 0.29) is 18.8 Å². The number of hydrogen-bond donors (Lipinski definition) is 3. The maximum absolute atomic E-state index is 11.8. The van der Waals surface area contributed by atoms with Crippen molar-refractivity contribution < 1.29 is 17.6 Å². The zero-order valence-corrected chi connectivity index (χ0v) is 13.7. The van der Waals surface area contributed by atoms with Crippen LogP contribution < -0.4 is 15.4 Å². The van der Waals surface area contributed by atoms with Gasteiger partial charge in [-0.3, -0.25) is 0 Å². The Hall–Kier alpha value is -2.03. The van der Waals surface area contributed by atoms with E-state index in [1.54, 1.807) is 36.4 Å². The Labute approximate surface area is 139 Å². The SMILES string of the molecule is O=C(NCCS(=O)(=O)NCc1ccco1)Nc1ccc(Cl)cc1. The van der Waals surface area contributed by atoms with Gasteiger partial charge in [-0.25, -0.2) is 17.9 Å². The zero-order valence-electron chi connectivity index (χ0n) is 12.1. The van der Waals surface area contributed by atoms with E-state index in [4.69, 9.17) is 16.0 Å². The number of sulfonamides is 1. The van der Waals surface area contributed by atoms with Crippen LogP contribution in [-0.4, -0.2) is 26.7 Å². The summed E-state index contributed by atoms with van der Waals surface area (Å²) in [6.07, 6.45) is 1.46. The molecule has 0 unspecified atom stereocenters. The average Bonchev–Trinajstić information content (AvgIpc) is 3.01. The Kier molecular flexibility index (Phi) is 6.03. The van der Waals surface area contributed by atoms with Crippen LogP contribution in [0.5, 0.6) is 0 Å². The number of nitrogens with one attached hydrogen (secondary N) is 3. The molecular weight excluding hydrogens is 342 g/mol. The number of anilines is 1. The van der Waals surface area contributed by atoms with Gasteiger partial charge in [0.25, 0.3) is 0 Å². The van der Waals surface area contributed by atoms with Gasteiger partial charge in [-0.1, -0.05) is 11.6 Å². The monoisotopic (exact) mass is 357 g/mol. The molecule has 0 atom stereocenters. The molecule has 2 rings (SSSR count). The third-order valence-corrected chi connectivity index (χ3v) is 4.38. The summed E-state index contributed by atoms with van der Waals surface area (Å²) >= 11 is 5.74. The molecule has 0 aliphatic heterocycles. The molecule has 3 N–H and O–H groups in total. The number of amides is 2. The van der Waals surface area contributed by atoms with Crippen molar-refractivity contribution in [2.45, 2.75) is 6.54 Å². The molecule has 0 aliphatic carbocycles. The van der Waals surface area contributed by atoms with E-state index in [9.17, 15) is 13.2 Å². The van der Waals surface area contributed by atoms with Crippen LogP contribution in [-0.2, 0) is 16.6 Å². The summed E-state index contributed by atoms with van der Waals surface area (Å²) in [5, 5.41) is 5.60. The molecule has 124 valence electrons. The summed E-state index contributed by atoms with van der Waals surface area (Å²) in [6, 6.07) is 9.41. The quantitative estimate of drug-likeness (QED) is 0.707. The van der Waals surface area contributed by atoms with E-state index in [0.717, 1.165) is 0 Å². The maximum atomic E-state index is 11.8. The fourth-order valence-electron chi connectivity index (χ4n) is 1.67. The molecule has 23 heavy (non-hydrogen) atoms. The first-order chi connectivity index (χ1) is 10.9. The van der Waals surface area contributed by atoms with Crippen molar-refractivity contribution in [1.82, 2.24) is 10.0 Å². The van der Waals surface area contributed by atoms with Crippen molar-refractivity contribution in [3.8, 4) is 0 Å². The van der Waals surface area contributed by atoms with Crippen molar-refractivity contribution in [3.05, 3.63) is 53.4 Å². The minimum Gasteiger partial charge on any atom is -0.468 e. The molecule has 1 heterocycles. The molecule has 0 saturated carbocycles. The van der Waals surface area contributed by atoms with Gasteiger partial charge in [0.15, 0.2) is 0 Å². The molecule has 7 nitrogen and oxygen atoms in total. The number of urea groups is 1. The predicted molar refractivity (Wildman–Crippen MR) is 87.8 cm³/mol. The van der Waals surface area contributed by atoms with Gasteiger partial charge in [0.1, 0.15) is 5.76 Å². The van der Waals surface area contributed by atoms with Gasteiger partial charge >= 0.3 is 6.03 Å². The summed E-state index contributed by atoms with van der Waals surface area (Å²) in [6.45, 7) is 0.0548. The van der Waals surface area contributed by atoms with Crippen LogP contribution in [0.3, 0.4) is 0 Å². The molecule has 1 aromatic heterocycles. The highest BCUT2D eigenvalue weighted by atomic mass is 35.5. The van der Waals surface area contributed by atoms with Crippen LogP contribution in [0.15, 0.2) is 47.1 Å². The summed E-state index contributed by atoms with van der Waals surface area (Å²) in [5.74, 6) is 0.281. The van der Waals surface area contributed by atoms with Crippen LogP contribution in [0.2, 0.25) is 5.02 Å². The van der Waals surface area contributed by atoms with Crippen molar-refractivity contribution in [2.24, 2.45) is 0 Å². The highest BCUT2D eigenvalue weighted by Gasteiger charge is 2.11. The van der Waals surface area contributed by atoms with Gasteiger partial charge in [0.05, 0.1) is 18.6 Å². The Balaban J connectivity index is 1.70. The second kappa shape index (κ2) is 8.00. The lowest BCUT2D eigenvalue weighted by molar-refractivity contribution is 0.252. The van der Waals surface area contributed by atoms with E-state index in [0.29, 0.717) is 16.5 Å². The first kappa shape index (κ1) is 17.3. The topological polar surface area (TPSA) is 100 Å². The Morgan fingerprint density at radius 1 is 1.17 bits per heavy atom. The molecule has 0 spiro atoms. The molecule has 0 saturated heterocycles. The van der Waals surface area contributed by atoms with E-state index < -0.39 is 16.1 Å². The minimum absolute atomic E-state index is 0.0209. The summed E-state index contributed by atoms with van der Waals surface area (Å²) in [5.41, 5.74) is 0.561. The van der Waals surface area contributed by atoms with Gasteiger partial charge in [0, 0.05) is 17.3 Å². The van der Waals surface area contributed by atoms with Crippen molar-refractivity contribution in [1.29, 1.82) is 0 Å². The number of halogens is 1. The average molecular weight is 358 g/mol. The molecule has 0 radical (unpaired) electrons. The first-order valence-electron chi connectivity index (χ1n) is 6.75. The second-order valence-corrected chi connectivity index (χ2v) is 6.97. The van der Waals surface area contributed by atoms with E-state index in [2.05, 4.69) is 15.4 Å². The summed E-state index contributed by atoms with van der Waals surface area (Å²) in [7, 11) is -3.50. The maximum Gasteiger partial charge on any atom is 0.319 e. The number of carbonyl (C=O) groups is 1. The Bertz CT molecular complexity index is 730. The standard InChI is InChI=1S/C14H16ClN3O4S/c15-11-3-5-12(6-4-11)18-14(19)16-7-9-23(20,21)17-10-13-2-1-8-22-13/h1-6,8,17H,7,9-10H2,(H2,16,18,19). The van der Waals surface area contributed by atoms with Gasteiger partial charge in [-0.05, 0) is 36.4 Å². The van der Waals surface area contributed by atoms with Crippen molar-refractivity contribution in [2.75, 3.05) is 17.6 Å². The van der Waals surface area contributed by atoms with Crippen molar-refractivity contribution in [3.63, 3.8) is 0 Å². The fraction of sp³-hybridized carbons (Fsp3) is 0.214. The fourth-order valence-corrected chi connectivity index (χ4v) is 2.68. The van der Waals surface area contributed by atoms with Crippen LogP contribution in [0.4, 0.5) is 10.5 Å². The number of hydrogen-bond acceptors (Lipinski definition) is 4. The minimum atomic E-state index is -3.50. The molecular formula is C14H16ClN3O4S. The molecule has 1 aromatic carbocycles. The lowest BCUT2D eigenvalue weighted by Gasteiger charge is -2.08. The van der Waals surface area contributed by atoms with Gasteiger partial charge < -0.3 is 15.1 Å². The largest absolute Gasteiger partial charge is 0.468 e. The number of benzene rings is 1. The van der Waals surface area contributed by atoms with E-state index in [1.807, 2.05) is 0 Å². The molecule has 0 bridgehead atoms. The Morgan fingerprint density at radius 2 is 1.91 bits per heavy atom. The molecule has 2 amide bonds. The smallest absolute Gasteiger partial charge is 0.319 e. The molecule has 0 fully saturated rings. The number of carbonyl (C=O) groups excluding carboxylic acids is 1. The number of rotatable bonds is 7. The highest BCUT2D eigenvalue weighted by Crippen LogP contribution is 2.12. The van der Waals surface area contributed by atoms with Crippen LogP contribution in [0.25, 0.3) is 0 Å². The zero-order chi connectivity index (χ0) is 16.7. The lowest BCUT2D eigenvalue weighted by Crippen LogP contribution is -2.36. The normalized spacial score (nSPS) is 11.2. The molecule has 9 heteroatoms. The summed E-state index contributed by atoms with van der Waals surface area (Å²) < 4.78 is 30.9. The van der Waals surface area contributed by atoms with E-state index >= 15 is 0 Å². The third-order valence-electron chi connectivity index (χ3n) is 2.80. The van der Waals surface area contributed by atoms with Crippen LogP contribution >= 0.6 is 11.6 Å². The van der Waals surface area contributed by atoms with Crippen LogP contribution in [0, 0.1) is 0 Å². The molecule has 2 aromatic rings. The van der Waals surface area contributed by atoms with Gasteiger partial charge in [0.2, 0.25) is 10.0 Å². The first-order valence-corrected chi connectivity index (χ1v) is 8.78. The molecule has 0 aliphatic rings. The second-order valence-electron chi connectivity index (χ2n) is 4.61. The van der Waals surface area contributed by atoms with Gasteiger partial charge in [-0.2, -0.15) is 0 Å². The number of furan rings is 1.